The topological polar surface area (TPSA) is 64.0 Å². The number of amides is 1. The minimum absolute atomic E-state index is 0.0260. The Morgan fingerprint density at radius 2 is 2.04 bits per heavy atom. The molecule has 3 aromatic rings. The van der Waals surface area contributed by atoms with E-state index in [2.05, 4.69) is 10.4 Å². The fraction of sp³-hybridized carbons (Fsp3) is 0.150. The van der Waals surface area contributed by atoms with E-state index in [1.807, 2.05) is 0 Å². The molecular weight excluding hydrogens is 388 g/mol. The van der Waals surface area contributed by atoms with E-state index in [9.17, 15) is 18.4 Å². The Bertz CT molecular complexity index is 1130. The summed E-state index contributed by atoms with van der Waals surface area (Å²) in [6, 6.07) is 9.53. The van der Waals surface area contributed by atoms with Crippen LogP contribution in [0.3, 0.4) is 0 Å². The van der Waals surface area contributed by atoms with Gasteiger partial charge in [0.05, 0.1) is 11.6 Å². The predicted octanol–water partition coefficient (Wildman–Crippen LogP) is 4.42. The second kappa shape index (κ2) is 6.83. The van der Waals surface area contributed by atoms with Gasteiger partial charge in [-0.1, -0.05) is 23.7 Å². The van der Waals surface area contributed by atoms with Crippen LogP contribution in [0.15, 0.2) is 42.5 Å². The summed E-state index contributed by atoms with van der Waals surface area (Å²) in [5, 5.41) is 7.36. The molecular formula is C20H14ClF2N3O2. The maximum Gasteiger partial charge on any atom is 0.226 e. The number of carbonyl (C=O) groups excluding carboxylic acids is 2. The highest BCUT2D eigenvalue weighted by Crippen LogP contribution is 2.38. The van der Waals surface area contributed by atoms with E-state index >= 15 is 0 Å². The van der Waals surface area contributed by atoms with Crippen molar-refractivity contribution >= 4 is 29.1 Å². The summed E-state index contributed by atoms with van der Waals surface area (Å²) in [5.41, 5.74) is 1.33. The van der Waals surface area contributed by atoms with Crippen molar-refractivity contribution in [1.29, 1.82) is 0 Å². The van der Waals surface area contributed by atoms with E-state index < -0.39 is 23.5 Å². The van der Waals surface area contributed by atoms with Crippen LogP contribution in [-0.2, 0) is 4.79 Å². The Labute approximate surface area is 163 Å². The average Bonchev–Trinajstić information content (AvgIpc) is 2.96. The first-order valence-corrected chi connectivity index (χ1v) is 8.87. The highest BCUT2D eigenvalue weighted by molar-refractivity contribution is 6.31. The van der Waals surface area contributed by atoms with Crippen LogP contribution in [0.25, 0.3) is 5.69 Å². The lowest BCUT2D eigenvalue weighted by atomic mass is 9.85. The molecule has 1 aromatic heterocycles. The molecule has 0 bridgehead atoms. The highest BCUT2D eigenvalue weighted by atomic mass is 35.5. The summed E-state index contributed by atoms with van der Waals surface area (Å²) >= 11 is 5.98. The monoisotopic (exact) mass is 401 g/mol. The van der Waals surface area contributed by atoms with Crippen molar-refractivity contribution in [3.63, 3.8) is 0 Å². The van der Waals surface area contributed by atoms with Crippen molar-refractivity contribution < 1.29 is 18.4 Å². The Balaban J connectivity index is 1.84. The van der Waals surface area contributed by atoms with Gasteiger partial charge in [-0.2, -0.15) is 5.10 Å². The molecule has 5 nitrogen and oxygen atoms in total. The lowest BCUT2D eigenvalue weighted by Gasteiger charge is -2.23. The molecule has 0 spiro atoms. The summed E-state index contributed by atoms with van der Waals surface area (Å²) in [4.78, 5) is 25.4. The van der Waals surface area contributed by atoms with Gasteiger partial charge in [0, 0.05) is 28.6 Å². The number of carbonyl (C=O) groups is 2. The lowest BCUT2D eigenvalue weighted by molar-refractivity contribution is -0.116. The molecule has 1 aliphatic rings. The third-order valence-electron chi connectivity index (χ3n) is 4.67. The van der Waals surface area contributed by atoms with Crippen LogP contribution in [0.4, 0.5) is 14.6 Å². The lowest BCUT2D eigenvalue weighted by Crippen LogP contribution is -2.28. The number of nitrogens with zero attached hydrogens (tertiary/aromatic N) is 2. The quantitative estimate of drug-likeness (QED) is 0.661. The van der Waals surface area contributed by atoms with Crippen LogP contribution in [0.2, 0.25) is 5.02 Å². The summed E-state index contributed by atoms with van der Waals surface area (Å²) in [6.07, 6.45) is -0.0588. The zero-order valence-electron chi connectivity index (χ0n) is 14.7. The van der Waals surface area contributed by atoms with Gasteiger partial charge >= 0.3 is 0 Å². The molecule has 0 saturated carbocycles. The van der Waals surface area contributed by atoms with E-state index in [0.29, 0.717) is 21.8 Å². The Morgan fingerprint density at radius 3 is 2.75 bits per heavy atom. The number of fused-ring (bicyclic) bond motifs is 1. The molecule has 0 fully saturated rings. The van der Waals surface area contributed by atoms with E-state index in [4.69, 9.17) is 11.6 Å². The Morgan fingerprint density at radius 1 is 1.25 bits per heavy atom. The van der Waals surface area contributed by atoms with Gasteiger partial charge < -0.3 is 5.32 Å². The van der Waals surface area contributed by atoms with Crippen molar-refractivity contribution in [2.24, 2.45) is 0 Å². The second-order valence-electron chi connectivity index (χ2n) is 6.53. The third-order valence-corrected chi connectivity index (χ3v) is 4.90. The molecule has 28 heavy (non-hydrogen) atoms. The molecule has 142 valence electrons. The largest absolute Gasteiger partial charge is 0.310 e. The first-order valence-electron chi connectivity index (χ1n) is 8.49. The summed E-state index contributed by atoms with van der Waals surface area (Å²) < 4.78 is 28.7. The van der Waals surface area contributed by atoms with Crippen molar-refractivity contribution in [3.05, 3.63) is 75.9 Å². The molecule has 1 atom stereocenters. The summed E-state index contributed by atoms with van der Waals surface area (Å²) in [6.45, 7) is 1.67. The predicted molar refractivity (Wildman–Crippen MR) is 100.0 cm³/mol. The van der Waals surface area contributed by atoms with Gasteiger partial charge in [-0.3, -0.25) is 9.59 Å². The van der Waals surface area contributed by atoms with Crippen LogP contribution in [-0.4, -0.2) is 21.5 Å². The average molecular weight is 402 g/mol. The van der Waals surface area contributed by atoms with Gasteiger partial charge in [-0.15, -0.1) is 0 Å². The van der Waals surface area contributed by atoms with Crippen molar-refractivity contribution in [3.8, 4) is 5.69 Å². The molecule has 0 aliphatic carbocycles. The van der Waals surface area contributed by atoms with Crippen LogP contribution in [0.1, 0.15) is 34.0 Å². The smallest absolute Gasteiger partial charge is 0.226 e. The molecule has 0 unspecified atom stereocenters. The molecule has 1 amide bonds. The number of hydrogen-bond acceptors (Lipinski definition) is 3. The molecule has 1 aliphatic heterocycles. The Kier molecular flexibility index (Phi) is 4.47. The van der Waals surface area contributed by atoms with Crippen LogP contribution < -0.4 is 5.32 Å². The van der Waals surface area contributed by atoms with Gasteiger partial charge in [-0.25, -0.2) is 13.5 Å². The zero-order chi connectivity index (χ0) is 20.0. The first-order chi connectivity index (χ1) is 13.3. The van der Waals surface area contributed by atoms with Gasteiger partial charge in [-0.05, 0) is 31.2 Å². The van der Waals surface area contributed by atoms with Crippen LogP contribution in [0, 0.1) is 18.6 Å². The zero-order valence-corrected chi connectivity index (χ0v) is 15.4. The number of aromatic nitrogens is 2. The van der Waals surface area contributed by atoms with Crippen molar-refractivity contribution in [1.82, 2.24) is 9.78 Å². The fourth-order valence-electron chi connectivity index (χ4n) is 3.44. The van der Waals surface area contributed by atoms with Gasteiger partial charge in [0.1, 0.15) is 17.3 Å². The minimum Gasteiger partial charge on any atom is -0.310 e. The number of nitrogens with one attached hydrogen (secondary N) is 1. The molecule has 1 N–H and O–H groups in total. The summed E-state index contributed by atoms with van der Waals surface area (Å²) in [7, 11) is 0. The third kappa shape index (κ3) is 3.07. The number of rotatable bonds is 3. The van der Waals surface area contributed by atoms with Gasteiger partial charge in [0.2, 0.25) is 5.91 Å². The Hall–Kier alpha value is -3.06. The summed E-state index contributed by atoms with van der Waals surface area (Å²) in [5.74, 6) is -2.80. The number of ketones is 1. The first kappa shape index (κ1) is 18.3. The maximum atomic E-state index is 14.3. The van der Waals surface area contributed by atoms with Gasteiger partial charge in [0.15, 0.2) is 11.6 Å². The fourth-order valence-corrected chi connectivity index (χ4v) is 3.63. The SMILES string of the molecule is Cc1nn(-c2ccc(F)cc2F)c2c1[C@H](C(=O)c1cccc(Cl)c1)CC(=O)N2. The molecule has 2 aromatic carbocycles. The molecule has 0 radical (unpaired) electrons. The number of benzene rings is 2. The molecule has 0 saturated heterocycles. The number of anilines is 1. The van der Waals surface area contributed by atoms with Crippen LogP contribution >= 0.6 is 11.6 Å². The minimum atomic E-state index is -0.831. The molecule has 4 rings (SSSR count). The van der Waals surface area contributed by atoms with Gasteiger partial charge in [0.25, 0.3) is 0 Å². The van der Waals surface area contributed by atoms with E-state index in [-0.39, 0.29) is 23.7 Å². The van der Waals surface area contributed by atoms with E-state index in [0.717, 1.165) is 12.1 Å². The van der Waals surface area contributed by atoms with Crippen LogP contribution in [0.5, 0.6) is 0 Å². The van der Waals surface area contributed by atoms with E-state index in [1.54, 1.807) is 25.1 Å². The number of Topliss-reactive ketones (excluding diaryl/α,β-unsaturated/α-hetero) is 1. The van der Waals surface area contributed by atoms with Crippen molar-refractivity contribution in [2.75, 3.05) is 5.32 Å². The number of hydrogen-bond donors (Lipinski definition) is 1. The second-order valence-corrected chi connectivity index (χ2v) is 6.97. The highest BCUT2D eigenvalue weighted by Gasteiger charge is 2.36. The normalized spacial score (nSPS) is 15.9. The molecule has 8 heteroatoms. The van der Waals surface area contributed by atoms with Crippen molar-refractivity contribution in [2.45, 2.75) is 19.3 Å². The standard InChI is InChI=1S/C20H14ClF2N3O2/c1-10-18-14(19(28)11-3-2-4-12(21)7-11)9-17(27)24-20(18)26(25-10)16-6-5-13(22)8-15(16)23/h2-8,14H,9H2,1H3,(H,24,27)/t14-/m1/s1. The van der Waals surface area contributed by atoms with E-state index in [1.165, 1.54) is 16.8 Å². The molecule has 2 heterocycles. The maximum absolute atomic E-state index is 14.3. The number of aryl methyl sites for hydroxylation is 1. The number of halogens is 3.